The Kier molecular flexibility index (Phi) is 1.69. The van der Waals surface area contributed by atoms with E-state index in [9.17, 15) is 0 Å². The molecule has 0 heterocycles. The Morgan fingerprint density at radius 3 is 2.73 bits per heavy atom. The van der Waals surface area contributed by atoms with Crippen LogP contribution < -0.4 is 0 Å². The van der Waals surface area contributed by atoms with Crippen molar-refractivity contribution in [3.8, 4) is 0 Å². The number of hydrogen-bond acceptors (Lipinski definition) is 0. The van der Waals surface area contributed by atoms with Crippen molar-refractivity contribution in [2.45, 2.75) is 32.1 Å². The zero-order chi connectivity index (χ0) is 7.68. The van der Waals surface area contributed by atoms with Gasteiger partial charge < -0.3 is 0 Å². The van der Waals surface area contributed by atoms with Crippen LogP contribution in [0.2, 0.25) is 0 Å². The van der Waals surface area contributed by atoms with Gasteiger partial charge in [-0.2, -0.15) is 0 Å². The van der Waals surface area contributed by atoms with Crippen molar-refractivity contribution in [2.24, 2.45) is 0 Å². The molecule has 1 saturated carbocycles. The summed E-state index contributed by atoms with van der Waals surface area (Å²) in [5, 5.41) is 0. The standard InChI is InChI=1S/C11H13/c1-2-9-3-5-10(6-4-9)11-7-8-11/h3,5-6,11H,2,7-8H2,1H3. The second kappa shape index (κ2) is 2.69. The minimum Gasteiger partial charge on any atom is -0.0613 e. The van der Waals surface area contributed by atoms with E-state index in [1.165, 1.54) is 24.0 Å². The fourth-order valence-corrected chi connectivity index (χ4v) is 1.36. The molecule has 1 fully saturated rings. The lowest BCUT2D eigenvalue weighted by atomic mass is 10.1. The van der Waals surface area contributed by atoms with Crippen molar-refractivity contribution in [3.63, 3.8) is 0 Å². The summed E-state index contributed by atoms with van der Waals surface area (Å²) in [4.78, 5) is 0. The SMILES string of the molecule is CCc1[c]cc(C2CC2)cc1. The summed E-state index contributed by atoms with van der Waals surface area (Å²) in [6.07, 6.45) is 3.88. The molecule has 1 aromatic carbocycles. The summed E-state index contributed by atoms with van der Waals surface area (Å²) in [6.45, 7) is 2.17. The predicted octanol–water partition coefficient (Wildman–Crippen LogP) is 2.93. The van der Waals surface area contributed by atoms with Gasteiger partial charge in [-0.15, -0.1) is 0 Å². The third-order valence-corrected chi connectivity index (χ3v) is 2.33. The smallest absolute Gasteiger partial charge is 0.0146 e. The Hall–Kier alpha value is -0.780. The third kappa shape index (κ3) is 1.45. The molecule has 1 aromatic rings. The monoisotopic (exact) mass is 145 g/mol. The molecule has 0 aromatic heterocycles. The first-order valence-corrected chi connectivity index (χ1v) is 4.40. The molecule has 0 bridgehead atoms. The fourth-order valence-electron chi connectivity index (χ4n) is 1.36. The third-order valence-electron chi connectivity index (χ3n) is 2.33. The Balaban J connectivity index is 2.19. The van der Waals surface area contributed by atoms with Gasteiger partial charge in [0.05, 0.1) is 0 Å². The molecular weight excluding hydrogens is 132 g/mol. The molecule has 0 unspecified atom stereocenters. The van der Waals surface area contributed by atoms with Crippen molar-refractivity contribution in [3.05, 3.63) is 35.4 Å². The molecule has 2 rings (SSSR count). The van der Waals surface area contributed by atoms with Crippen molar-refractivity contribution in [1.82, 2.24) is 0 Å². The molecular formula is C11H13. The van der Waals surface area contributed by atoms with Crippen LogP contribution in [0, 0.1) is 6.07 Å². The van der Waals surface area contributed by atoms with Gasteiger partial charge in [0, 0.05) is 0 Å². The minimum absolute atomic E-state index is 0.872. The van der Waals surface area contributed by atoms with Gasteiger partial charge in [-0.3, -0.25) is 0 Å². The molecule has 1 radical (unpaired) electrons. The Morgan fingerprint density at radius 2 is 2.27 bits per heavy atom. The van der Waals surface area contributed by atoms with Crippen LogP contribution in [0.3, 0.4) is 0 Å². The van der Waals surface area contributed by atoms with Crippen LogP contribution in [-0.2, 0) is 6.42 Å². The lowest BCUT2D eigenvalue weighted by molar-refractivity contribution is 1.09. The predicted molar refractivity (Wildman–Crippen MR) is 46.6 cm³/mol. The normalized spacial score (nSPS) is 16.8. The number of hydrogen-bond donors (Lipinski definition) is 0. The van der Waals surface area contributed by atoms with Crippen LogP contribution >= 0.6 is 0 Å². The molecule has 0 atom stereocenters. The summed E-state index contributed by atoms with van der Waals surface area (Å²) in [5.74, 6) is 0.872. The van der Waals surface area contributed by atoms with Crippen molar-refractivity contribution in [1.29, 1.82) is 0 Å². The molecule has 0 N–H and O–H groups in total. The highest BCUT2D eigenvalue weighted by molar-refractivity contribution is 5.26. The van der Waals surface area contributed by atoms with Crippen LogP contribution in [0.5, 0.6) is 0 Å². The van der Waals surface area contributed by atoms with Crippen LogP contribution in [0.1, 0.15) is 36.8 Å². The highest BCUT2D eigenvalue weighted by Gasteiger charge is 2.22. The van der Waals surface area contributed by atoms with E-state index in [4.69, 9.17) is 0 Å². The molecule has 0 aliphatic heterocycles. The van der Waals surface area contributed by atoms with Gasteiger partial charge >= 0.3 is 0 Å². The van der Waals surface area contributed by atoms with Crippen LogP contribution in [0.15, 0.2) is 18.2 Å². The molecule has 11 heavy (non-hydrogen) atoms. The van der Waals surface area contributed by atoms with Gasteiger partial charge in [-0.05, 0) is 42.4 Å². The van der Waals surface area contributed by atoms with E-state index >= 15 is 0 Å². The average molecular weight is 145 g/mol. The molecule has 0 heteroatoms. The van der Waals surface area contributed by atoms with Crippen LogP contribution in [-0.4, -0.2) is 0 Å². The first-order chi connectivity index (χ1) is 5.40. The Labute approximate surface area is 68.3 Å². The second-order valence-electron chi connectivity index (χ2n) is 3.28. The molecule has 0 amide bonds. The van der Waals surface area contributed by atoms with E-state index in [2.05, 4.69) is 31.2 Å². The maximum absolute atomic E-state index is 3.31. The summed E-state index contributed by atoms with van der Waals surface area (Å²) in [5.41, 5.74) is 2.82. The van der Waals surface area contributed by atoms with E-state index in [-0.39, 0.29) is 0 Å². The molecule has 0 nitrogen and oxygen atoms in total. The van der Waals surface area contributed by atoms with Crippen molar-refractivity contribution >= 4 is 0 Å². The van der Waals surface area contributed by atoms with E-state index in [1.807, 2.05) is 0 Å². The summed E-state index contributed by atoms with van der Waals surface area (Å²) in [7, 11) is 0. The largest absolute Gasteiger partial charge is 0.0613 e. The minimum atomic E-state index is 0.872. The van der Waals surface area contributed by atoms with Gasteiger partial charge in [-0.1, -0.05) is 25.1 Å². The molecule has 57 valence electrons. The topological polar surface area (TPSA) is 0 Å². The number of benzene rings is 1. The zero-order valence-electron chi connectivity index (χ0n) is 6.93. The molecule has 0 saturated heterocycles. The highest BCUT2D eigenvalue weighted by atomic mass is 14.3. The molecule has 1 aliphatic carbocycles. The molecule has 1 aliphatic rings. The highest BCUT2D eigenvalue weighted by Crippen LogP contribution is 2.39. The maximum atomic E-state index is 3.31. The van der Waals surface area contributed by atoms with Gasteiger partial charge in [0.15, 0.2) is 0 Å². The van der Waals surface area contributed by atoms with E-state index in [0.29, 0.717) is 0 Å². The second-order valence-corrected chi connectivity index (χ2v) is 3.28. The Bertz CT molecular complexity index is 229. The quantitative estimate of drug-likeness (QED) is 0.600. The van der Waals surface area contributed by atoms with E-state index < -0.39 is 0 Å². The average Bonchev–Trinajstić information content (AvgIpc) is 2.87. The maximum Gasteiger partial charge on any atom is -0.0146 e. The first kappa shape index (κ1) is 6.90. The van der Waals surface area contributed by atoms with Gasteiger partial charge in [-0.25, -0.2) is 0 Å². The van der Waals surface area contributed by atoms with E-state index in [1.54, 1.807) is 0 Å². The molecule has 0 spiro atoms. The summed E-state index contributed by atoms with van der Waals surface area (Å²) in [6, 6.07) is 9.93. The van der Waals surface area contributed by atoms with Gasteiger partial charge in [0.2, 0.25) is 0 Å². The first-order valence-electron chi connectivity index (χ1n) is 4.40. The summed E-state index contributed by atoms with van der Waals surface area (Å²) >= 11 is 0. The van der Waals surface area contributed by atoms with Crippen LogP contribution in [0.4, 0.5) is 0 Å². The van der Waals surface area contributed by atoms with Crippen molar-refractivity contribution < 1.29 is 0 Å². The fraction of sp³-hybridized carbons (Fsp3) is 0.455. The lowest BCUT2D eigenvalue weighted by Crippen LogP contribution is -1.82. The summed E-state index contributed by atoms with van der Waals surface area (Å²) < 4.78 is 0. The van der Waals surface area contributed by atoms with Crippen molar-refractivity contribution in [2.75, 3.05) is 0 Å². The van der Waals surface area contributed by atoms with E-state index in [0.717, 1.165) is 12.3 Å². The van der Waals surface area contributed by atoms with Crippen LogP contribution in [0.25, 0.3) is 0 Å². The number of aryl methyl sites for hydroxylation is 1. The number of rotatable bonds is 2. The van der Waals surface area contributed by atoms with Gasteiger partial charge in [0.25, 0.3) is 0 Å². The Morgan fingerprint density at radius 1 is 1.45 bits per heavy atom. The van der Waals surface area contributed by atoms with Gasteiger partial charge in [0.1, 0.15) is 0 Å². The zero-order valence-corrected chi connectivity index (χ0v) is 6.93. The lowest BCUT2D eigenvalue weighted by Gasteiger charge is -1.98.